The van der Waals surface area contributed by atoms with E-state index in [1.54, 1.807) is 19.1 Å². The van der Waals surface area contributed by atoms with Crippen LogP contribution in [-0.2, 0) is 16.6 Å². The largest absolute Gasteiger partial charge is 0.354 e. The van der Waals surface area contributed by atoms with Crippen LogP contribution in [0.25, 0.3) is 22.0 Å². The molecule has 0 saturated carbocycles. The van der Waals surface area contributed by atoms with Crippen LogP contribution in [0.2, 0.25) is 0 Å². The van der Waals surface area contributed by atoms with E-state index in [0.29, 0.717) is 29.3 Å². The quantitative estimate of drug-likeness (QED) is 0.408. The second-order valence-corrected chi connectivity index (χ2v) is 13.5. The maximum Gasteiger partial charge on any atom is 0.250 e. The van der Waals surface area contributed by atoms with Gasteiger partial charge in [-0.2, -0.15) is 0 Å². The molecule has 1 saturated heterocycles. The predicted octanol–water partition coefficient (Wildman–Crippen LogP) is 4.47. The standard InChI is InChI=1S/C30H33N5O3S/c1-19-12-13-21(15-26(19)39(37,38)33-30(2,3)4)28-23-8-5-6-9-24(23)29(32-31-28)34-16-20-14-22(18-34)25-10-7-11-27(36)35(25)17-20/h5-13,15,20,22,33H,14,16-18H2,1-4H3/t20-,22+/m1/s1. The van der Waals surface area contributed by atoms with Crippen LogP contribution in [0.4, 0.5) is 5.82 Å². The summed E-state index contributed by atoms with van der Waals surface area (Å²) in [7, 11) is -3.72. The Morgan fingerprint density at radius 3 is 2.46 bits per heavy atom. The van der Waals surface area contributed by atoms with Gasteiger partial charge in [-0.1, -0.05) is 42.5 Å². The van der Waals surface area contributed by atoms with Crippen LogP contribution in [0.5, 0.6) is 0 Å². The Bertz CT molecular complexity index is 1760. The van der Waals surface area contributed by atoms with Crippen molar-refractivity contribution in [2.45, 2.75) is 57.0 Å². The molecule has 6 rings (SSSR count). The first kappa shape index (κ1) is 25.7. The van der Waals surface area contributed by atoms with Crippen LogP contribution >= 0.6 is 0 Å². The molecule has 202 valence electrons. The molecule has 2 aromatic carbocycles. The molecular weight excluding hydrogens is 510 g/mol. The van der Waals surface area contributed by atoms with Crippen molar-refractivity contribution in [3.8, 4) is 11.3 Å². The Kier molecular flexibility index (Phi) is 6.11. The third-order valence-corrected chi connectivity index (χ3v) is 9.54. The first-order valence-corrected chi connectivity index (χ1v) is 14.8. The van der Waals surface area contributed by atoms with E-state index in [-0.39, 0.29) is 16.4 Å². The number of aromatic nitrogens is 3. The number of nitrogens with zero attached hydrogens (tertiary/aromatic N) is 4. The van der Waals surface area contributed by atoms with Gasteiger partial charge in [0.25, 0.3) is 5.56 Å². The Morgan fingerprint density at radius 2 is 1.69 bits per heavy atom. The van der Waals surface area contributed by atoms with Crippen LogP contribution in [0.3, 0.4) is 0 Å². The lowest BCUT2D eigenvalue weighted by Gasteiger charge is -2.43. The lowest BCUT2D eigenvalue weighted by atomic mass is 9.83. The van der Waals surface area contributed by atoms with Gasteiger partial charge in [0.2, 0.25) is 10.0 Å². The summed E-state index contributed by atoms with van der Waals surface area (Å²) in [5, 5.41) is 11.3. The van der Waals surface area contributed by atoms with Crippen molar-refractivity contribution < 1.29 is 8.42 Å². The summed E-state index contributed by atoms with van der Waals surface area (Å²) >= 11 is 0. The van der Waals surface area contributed by atoms with Crippen molar-refractivity contribution in [3.63, 3.8) is 0 Å². The fourth-order valence-electron chi connectivity index (χ4n) is 6.10. The molecule has 0 unspecified atom stereocenters. The van der Waals surface area contributed by atoms with Crippen LogP contribution < -0.4 is 15.2 Å². The second kappa shape index (κ2) is 9.27. The molecule has 8 nitrogen and oxygen atoms in total. The highest BCUT2D eigenvalue weighted by Crippen LogP contribution is 2.39. The van der Waals surface area contributed by atoms with Crippen molar-refractivity contribution in [1.29, 1.82) is 0 Å². The number of nitrogens with one attached hydrogen (secondary N) is 1. The minimum Gasteiger partial charge on any atom is -0.354 e. The Hall–Kier alpha value is -3.56. The van der Waals surface area contributed by atoms with Gasteiger partial charge in [0, 0.05) is 59.2 Å². The van der Waals surface area contributed by atoms with E-state index in [4.69, 9.17) is 5.10 Å². The molecule has 4 aromatic rings. The zero-order valence-corrected chi connectivity index (χ0v) is 23.5. The molecule has 9 heteroatoms. The lowest BCUT2D eigenvalue weighted by Crippen LogP contribution is -2.47. The first-order valence-electron chi connectivity index (χ1n) is 13.4. The van der Waals surface area contributed by atoms with E-state index in [1.165, 1.54) is 0 Å². The third kappa shape index (κ3) is 4.74. The fraction of sp³-hybridized carbons (Fsp3) is 0.367. The maximum atomic E-state index is 13.2. The number of pyridine rings is 1. The number of aryl methyl sites for hydroxylation is 1. The van der Waals surface area contributed by atoms with Crippen molar-refractivity contribution in [3.05, 3.63) is 82.3 Å². The van der Waals surface area contributed by atoms with Gasteiger partial charge in [-0.3, -0.25) is 4.79 Å². The van der Waals surface area contributed by atoms with E-state index in [1.807, 2.05) is 61.7 Å². The Balaban J connectivity index is 1.41. The number of hydrogen-bond acceptors (Lipinski definition) is 6. The van der Waals surface area contributed by atoms with Gasteiger partial charge in [0.05, 0.1) is 4.90 Å². The molecule has 2 aliphatic heterocycles. The molecule has 4 heterocycles. The monoisotopic (exact) mass is 543 g/mol. The van der Waals surface area contributed by atoms with Gasteiger partial charge in [-0.05, 0) is 57.7 Å². The molecule has 39 heavy (non-hydrogen) atoms. The number of anilines is 1. The van der Waals surface area contributed by atoms with E-state index in [9.17, 15) is 13.2 Å². The summed E-state index contributed by atoms with van der Waals surface area (Å²) < 4.78 is 31.1. The normalized spacial score (nSPS) is 19.2. The van der Waals surface area contributed by atoms with E-state index < -0.39 is 15.6 Å². The highest BCUT2D eigenvalue weighted by atomic mass is 32.2. The van der Waals surface area contributed by atoms with Gasteiger partial charge in [-0.25, -0.2) is 13.1 Å². The summed E-state index contributed by atoms with van der Waals surface area (Å²) in [4.78, 5) is 15.0. The maximum absolute atomic E-state index is 13.2. The Morgan fingerprint density at radius 1 is 0.923 bits per heavy atom. The molecule has 2 aromatic heterocycles. The van der Waals surface area contributed by atoms with Crippen molar-refractivity contribution in [1.82, 2.24) is 19.5 Å². The smallest absolute Gasteiger partial charge is 0.250 e. The summed E-state index contributed by atoms with van der Waals surface area (Å²) in [6.07, 6.45) is 1.06. The van der Waals surface area contributed by atoms with Gasteiger partial charge >= 0.3 is 0 Å². The predicted molar refractivity (Wildman–Crippen MR) is 154 cm³/mol. The van der Waals surface area contributed by atoms with Crippen LogP contribution in [0, 0.1) is 12.8 Å². The van der Waals surface area contributed by atoms with Gasteiger partial charge in [-0.15, -0.1) is 10.2 Å². The molecule has 1 fully saturated rings. The molecule has 1 N–H and O–H groups in total. The highest BCUT2D eigenvalue weighted by Gasteiger charge is 2.36. The minimum atomic E-state index is -3.72. The summed E-state index contributed by atoms with van der Waals surface area (Å²) in [5.74, 6) is 1.44. The minimum absolute atomic E-state index is 0.0717. The Labute approximate surface area is 228 Å². The van der Waals surface area contributed by atoms with Crippen LogP contribution in [-0.4, -0.2) is 41.8 Å². The lowest BCUT2D eigenvalue weighted by molar-refractivity contribution is 0.280. The summed E-state index contributed by atoms with van der Waals surface area (Å²) in [5.41, 5.74) is 2.58. The van der Waals surface area contributed by atoms with E-state index in [2.05, 4.69) is 26.9 Å². The molecule has 0 spiro atoms. The molecule has 2 bridgehead atoms. The fourth-order valence-corrected chi connectivity index (χ4v) is 7.79. The number of sulfonamides is 1. The zero-order valence-electron chi connectivity index (χ0n) is 22.7. The van der Waals surface area contributed by atoms with Crippen molar-refractivity contribution in [2.24, 2.45) is 5.92 Å². The van der Waals surface area contributed by atoms with E-state index >= 15 is 0 Å². The van der Waals surface area contributed by atoms with Gasteiger partial charge in [0.1, 0.15) is 5.69 Å². The number of rotatable bonds is 4. The van der Waals surface area contributed by atoms with Crippen molar-refractivity contribution in [2.75, 3.05) is 18.0 Å². The molecular formula is C30H33N5O3S. The highest BCUT2D eigenvalue weighted by molar-refractivity contribution is 7.89. The molecule has 0 radical (unpaired) electrons. The average molecular weight is 544 g/mol. The average Bonchev–Trinajstić information content (AvgIpc) is 2.87. The van der Waals surface area contributed by atoms with Crippen molar-refractivity contribution >= 4 is 26.6 Å². The molecule has 2 aliphatic rings. The summed E-state index contributed by atoms with van der Waals surface area (Å²) in [6, 6.07) is 19.0. The SMILES string of the molecule is Cc1ccc(-c2nnc(N3C[C@H]4C[C@@H](C3)c3cccc(=O)n3C4)c3ccccc23)cc1S(=O)(=O)NC(C)(C)C. The molecule has 2 atom stereocenters. The number of benzene rings is 2. The topological polar surface area (TPSA) is 97.2 Å². The van der Waals surface area contributed by atoms with Gasteiger partial charge in [0.15, 0.2) is 5.82 Å². The van der Waals surface area contributed by atoms with Gasteiger partial charge < -0.3 is 9.47 Å². The number of hydrogen-bond donors (Lipinski definition) is 1. The number of piperidine rings is 1. The van der Waals surface area contributed by atoms with Crippen LogP contribution in [0.1, 0.15) is 44.4 Å². The number of fused-ring (bicyclic) bond motifs is 5. The zero-order chi connectivity index (χ0) is 27.5. The van der Waals surface area contributed by atoms with E-state index in [0.717, 1.165) is 41.8 Å². The summed E-state index contributed by atoms with van der Waals surface area (Å²) in [6.45, 7) is 9.57. The first-order chi connectivity index (χ1) is 18.5. The third-order valence-electron chi connectivity index (χ3n) is 7.64. The second-order valence-electron chi connectivity index (χ2n) is 11.9. The molecule has 0 aliphatic carbocycles. The molecule has 0 amide bonds. The van der Waals surface area contributed by atoms with Crippen LogP contribution in [0.15, 0.2) is 70.4 Å².